The fourth-order valence-corrected chi connectivity index (χ4v) is 2.76. The van der Waals surface area contributed by atoms with Crippen LogP contribution in [0.25, 0.3) is 0 Å². The van der Waals surface area contributed by atoms with Crippen molar-refractivity contribution >= 4 is 0 Å². The van der Waals surface area contributed by atoms with Gasteiger partial charge in [0.05, 0.1) is 12.2 Å². The highest BCUT2D eigenvalue weighted by Crippen LogP contribution is 2.43. The Balaban J connectivity index is 2.11. The lowest BCUT2D eigenvalue weighted by Crippen LogP contribution is -2.21. The Morgan fingerprint density at radius 1 is 1.29 bits per heavy atom. The first kappa shape index (κ1) is 12.4. The van der Waals surface area contributed by atoms with Crippen molar-refractivity contribution in [2.24, 2.45) is 5.92 Å². The van der Waals surface area contributed by atoms with Gasteiger partial charge in [-0.25, -0.2) is 0 Å². The van der Waals surface area contributed by atoms with Crippen molar-refractivity contribution in [3.8, 4) is 5.75 Å². The maximum Gasteiger partial charge on any atom is 0.119 e. The molecule has 1 saturated carbocycles. The third kappa shape index (κ3) is 2.63. The maximum absolute atomic E-state index is 10.6. The standard InChI is InChI=1S/C15H22O2/c1-3-12-9-10-15(16,11-12)13-5-7-14(8-6-13)17-4-2/h5-8,12,16H,3-4,9-11H2,1-2H3. The number of benzene rings is 1. The molecule has 2 unspecified atom stereocenters. The fraction of sp³-hybridized carbons (Fsp3) is 0.600. The van der Waals surface area contributed by atoms with E-state index < -0.39 is 5.60 Å². The van der Waals surface area contributed by atoms with Gasteiger partial charge in [-0.2, -0.15) is 0 Å². The van der Waals surface area contributed by atoms with Crippen LogP contribution in [0.2, 0.25) is 0 Å². The zero-order valence-corrected chi connectivity index (χ0v) is 10.8. The minimum Gasteiger partial charge on any atom is -0.494 e. The first-order valence-electron chi connectivity index (χ1n) is 6.63. The Bertz CT molecular complexity index is 358. The summed E-state index contributed by atoms with van der Waals surface area (Å²) in [7, 11) is 0. The summed E-state index contributed by atoms with van der Waals surface area (Å²) in [6.45, 7) is 4.86. The lowest BCUT2D eigenvalue weighted by Gasteiger charge is -2.23. The summed E-state index contributed by atoms with van der Waals surface area (Å²) in [6, 6.07) is 7.91. The van der Waals surface area contributed by atoms with Crippen LogP contribution in [0.4, 0.5) is 0 Å². The second-order valence-electron chi connectivity index (χ2n) is 5.01. The van der Waals surface area contributed by atoms with Gasteiger partial charge in [0.2, 0.25) is 0 Å². The molecule has 2 rings (SSSR count). The van der Waals surface area contributed by atoms with Crippen LogP contribution < -0.4 is 4.74 Å². The Morgan fingerprint density at radius 2 is 2.00 bits per heavy atom. The van der Waals surface area contributed by atoms with E-state index in [1.807, 2.05) is 31.2 Å². The Hall–Kier alpha value is -1.02. The largest absolute Gasteiger partial charge is 0.494 e. The molecule has 17 heavy (non-hydrogen) atoms. The van der Waals surface area contributed by atoms with Gasteiger partial charge in [0, 0.05) is 0 Å². The van der Waals surface area contributed by atoms with Crippen LogP contribution in [0.5, 0.6) is 5.75 Å². The van der Waals surface area contributed by atoms with Crippen molar-refractivity contribution < 1.29 is 9.84 Å². The lowest BCUT2D eigenvalue weighted by atomic mass is 9.90. The van der Waals surface area contributed by atoms with Crippen LogP contribution in [0.1, 0.15) is 45.1 Å². The van der Waals surface area contributed by atoms with E-state index in [0.717, 1.165) is 30.6 Å². The summed E-state index contributed by atoms with van der Waals surface area (Å²) < 4.78 is 5.42. The third-order valence-electron chi connectivity index (χ3n) is 3.87. The van der Waals surface area contributed by atoms with Gasteiger partial charge >= 0.3 is 0 Å². The van der Waals surface area contributed by atoms with Crippen molar-refractivity contribution in [3.05, 3.63) is 29.8 Å². The maximum atomic E-state index is 10.6. The van der Waals surface area contributed by atoms with E-state index in [1.165, 1.54) is 6.42 Å². The molecular formula is C15H22O2. The van der Waals surface area contributed by atoms with E-state index in [-0.39, 0.29) is 0 Å². The highest BCUT2D eigenvalue weighted by atomic mass is 16.5. The monoisotopic (exact) mass is 234 g/mol. The minimum atomic E-state index is -0.606. The zero-order valence-electron chi connectivity index (χ0n) is 10.8. The van der Waals surface area contributed by atoms with Gasteiger partial charge < -0.3 is 9.84 Å². The molecule has 0 aliphatic heterocycles. The second kappa shape index (κ2) is 5.09. The highest BCUT2D eigenvalue weighted by Gasteiger charge is 2.37. The van der Waals surface area contributed by atoms with Crippen LogP contribution >= 0.6 is 0 Å². The minimum absolute atomic E-state index is 0.606. The van der Waals surface area contributed by atoms with E-state index in [1.54, 1.807) is 0 Å². The molecule has 0 saturated heterocycles. The number of ether oxygens (including phenoxy) is 1. The van der Waals surface area contributed by atoms with E-state index in [9.17, 15) is 5.11 Å². The molecule has 2 heteroatoms. The summed E-state index contributed by atoms with van der Waals surface area (Å²) >= 11 is 0. The molecule has 1 aromatic rings. The normalized spacial score (nSPS) is 28.3. The first-order valence-corrected chi connectivity index (χ1v) is 6.63. The second-order valence-corrected chi connectivity index (χ2v) is 5.01. The van der Waals surface area contributed by atoms with Crippen LogP contribution in [-0.2, 0) is 5.60 Å². The number of hydrogen-bond donors (Lipinski definition) is 1. The zero-order chi connectivity index (χ0) is 12.3. The summed E-state index contributed by atoms with van der Waals surface area (Å²) in [4.78, 5) is 0. The van der Waals surface area contributed by atoms with Crippen molar-refractivity contribution in [2.45, 2.75) is 45.1 Å². The summed E-state index contributed by atoms with van der Waals surface area (Å²) in [5, 5.41) is 10.6. The fourth-order valence-electron chi connectivity index (χ4n) is 2.76. The van der Waals surface area contributed by atoms with Gasteiger partial charge in [-0.1, -0.05) is 25.5 Å². The third-order valence-corrected chi connectivity index (χ3v) is 3.87. The van der Waals surface area contributed by atoms with Gasteiger partial charge in [-0.15, -0.1) is 0 Å². The summed E-state index contributed by atoms with van der Waals surface area (Å²) in [6.07, 6.45) is 4.09. The van der Waals surface area contributed by atoms with Crippen LogP contribution in [-0.4, -0.2) is 11.7 Å². The van der Waals surface area contributed by atoms with E-state index >= 15 is 0 Å². The lowest BCUT2D eigenvalue weighted by molar-refractivity contribution is 0.0397. The molecule has 1 aliphatic carbocycles. The molecule has 0 aromatic heterocycles. The summed E-state index contributed by atoms with van der Waals surface area (Å²) in [5.74, 6) is 1.55. The average molecular weight is 234 g/mol. The molecule has 0 amide bonds. The van der Waals surface area contributed by atoms with Gasteiger partial charge in [-0.3, -0.25) is 0 Å². The van der Waals surface area contributed by atoms with Crippen molar-refractivity contribution in [3.63, 3.8) is 0 Å². The summed E-state index contributed by atoms with van der Waals surface area (Å²) in [5.41, 5.74) is 0.433. The van der Waals surface area contributed by atoms with E-state index in [0.29, 0.717) is 12.5 Å². The molecule has 2 nitrogen and oxygen atoms in total. The van der Waals surface area contributed by atoms with Crippen molar-refractivity contribution in [1.82, 2.24) is 0 Å². The SMILES string of the molecule is CCOc1ccc(C2(O)CCC(CC)C2)cc1. The molecule has 0 radical (unpaired) electrons. The quantitative estimate of drug-likeness (QED) is 0.864. The molecule has 1 fully saturated rings. The first-order chi connectivity index (χ1) is 8.18. The molecular weight excluding hydrogens is 212 g/mol. The molecule has 2 atom stereocenters. The molecule has 0 spiro atoms. The number of hydrogen-bond acceptors (Lipinski definition) is 2. The number of rotatable bonds is 4. The predicted molar refractivity (Wildman–Crippen MR) is 69.1 cm³/mol. The van der Waals surface area contributed by atoms with Crippen LogP contribution in [0.3, 0.4) is 0 Å². The van der Waals surface area contributed by atoms with Crippen LogP contribution in [0.15, 0.2) is 24.3 Å². The average Bonchev–Trinajstić information content (AvgIpc) is 2.74. The smallest absolute Gasteiger partial charge is 0.119 e. The highest BCUT2D eigenvalue weighted by molar-refractivity contribution is 5.31. The van der Waals surface area contributed by atoms with E-state index in [2.05, 4.69) is 6.92 Å². The van der Waals surface area contributed by atoms with Gasteiger partial charge in [-0.05, 0) is 49.8 Å². The Morgan fingerprint density at radius 3 is 2.53 bits per heavy atom. The van der Waals surface area contributed by atoms with Gasteiger partial charge in [0.1, 0.15) is 5.75 Å². The molecule has 0 heterocycles. The van der Waals surface area contributed by atoms with Gasteiger partial charge in [0.15, 0.2) is 0 Å². The molecule has 0 bridgehead atoms. The van der Waals surface area contributed by atoms with Crippen molar-refractivity contribution in [1.29, 1.82) is 0 Å². The molecule has 1 aliphatic rings. The topological polar surface area (TPSA) is 29.5 Å². The molecule has 1 aromatic carbocycles. The number of aliphatic hydroxyl groups is 1. The molecule has 1 N–H and O–H groups in total. The van der Waals surface area contributed by atoms with Crippen molar-refractivity contribution in [2.75, 3.05) is 6.61 Å². The molecule has 94 valence electrons. The Kier molecular flexibility index (Phi) is 3.72. The predicted octanol–water partition coefficient (Wildman–Crippen LogP) is 3.48. The van der Waals surface area contributed by atoms with E-state index in [4.69, 9.17) is 4.74 Å². The Labute approximate surface area is 104 Å². The van der Waals surface area contributed by atoms with Crippen LogP contribution in [0, 0.1) is 5.92 Å². The van der Waals surface area contributed by atoms with Gasteiger partial charge in [0.25, 0.3) is 0 Å².